The molecular weight excluding hydrogens is 217 g/mol. The second-order valence-corrected chi connectivity index (χ2v) is 4.07. The van der Waals surface area contributed by atoms with E-state index in [1.54, 1.807) is 31.5 Å². The van der Waals surface area contributed by atoms with E-state index in [9.17, 15) is 4.39 Å². The SMILES string of the molecule is Cc1cncc(COc2ccc(F)c(C)c2)c1. The first-order chi connectivity index (χ1) is 8.15. The number of halogens is 1. The van der Waals surface area contributed by atoms with Crippen molar-refractivity contribution in [1.82, 2.24) is 4.98 Å². The fraction of sp³-hybridized carbons (Fsp3) is 0.214. The molecule has 88 valence electrons. The number of aryl methyl sites for hydroxylation is 2. The van der Waals surface area contributed by atoms with Crippen LogP contribution in [0.3, 0.4) is 0 Å². The van der Waals surface area contributed by atoms with Crippen LogP contribution in [0, 0.1) is 19.7 Å². The molecule has 0 amide bonds. The van der Waals surface area contributed by atoms with Gasteiger partial charge in [0, 0.05) is 18.0 Å². The van der Waals surface area contributed by atoms with Crippen LogP contribution in [-0.4, -0.2) is 4.98 Å². The Labute approximate surface area is 100 Å². The van der Waals surface area contributed by atoms with Crippen molar-refractivity contribution in [2.45, 2.75) is 20.5 Å². The van der Waals surface area contributed by atoms with E-state index < -0.39 is 0 Å². The largest absolute Gasteiger partial charge is 0.489 e. The summed E-state index contributed by atoms with van der Waals surface area (Å²) in [6.45, 7) is 4.15. The van der Waals surface area contributed by atoms with Crippen LogP contribution < -0.4 is 4.74 Å². The molecular formula is C14H14FNO. The fourth-order valence-corrected chi connectivity index (χ4v) is 1.57. The first-order valence-electron chi connectivity index (χ1n) is 5.44. The average Bonchev–Trinajstić information content (AvgIpc) is 2.31. The Hall–Kier alpha value is -1.90. The summed E-state index contributed by atoms with van der Waals surface area (Å²) in [5.74, 6) is 0.458. The number of hydrogen-bond donors (Lipinski definition) is 0. The lowest BCUT2D eigenvalue weighted by Crippen LogP contribution is -1.97. The van der Waals surface area contributed by atoms with Crippen LogP contribution >= 0.6 is 0 Å². The summed E-state index contributed by atoms with van der Waals surface area (Å²) in [5, 5.41) is 0. The van der Waals surface area contributed by atoms with E-state index in [1.807, 2.05) is 13.0 Å². The van der Waals surface area contributed by atoms with E-state index in [0.29, 0.717) is 17.9 Å². The maximum atomic E-state index is 13.0. The van der Waals surface area contributed by atoms with Crippen LogP contribution in [0.1, 0.15) is 16.7 Å². The summed E-state index contributed by atoms with van der Waals surface area (Å²) in [6.07, 6.45) is 3.56. The standard InChI is InChI=1S/C14H14FNO/c1-10-5-12(8-16-7-10)9-17-13-3-4-14(15)11(2)6-13/h3-8H,9H2,1-2H3. The molecule has 0 saturated carbocycles. The van der Waals surface area contributed by atoms with Gasteiger partial charge in [-0.25, -0.2) is 4.39 Å². The molecule has 0 aliphatic carbocycles. The lowest BCUT2D eigenvalue weighted by Gasteiger charge is -2.07. The second-order valence-electron chi connectivity index (χ2n) is 4.07. The van der Waals surface area contributed by atoms with Crippen molar-refractivity contribution < 1.29 is 9.13 Å². The molecule has 0 unspecified atom stereocenters. The molecule has 0 bridgehead atoms. The molecule has 1 heterocycles. The van der Waals surface area contributed by atoms with E-state index in [1.165, 1.54) is 6.07 Å². The zero-order chi connectivity index (χ0) is 12.3. The number of nitrogens with zero attached hydrogens (tertiary/aromatic N) is 1. The Morgan fingerprint density at radius 1 is 1.18 bits per heavy atom. The number of benzene rings is 1. The summed E-state index contributed by atoms with van der Waals surface area (Å²) >= 11 is 0. The molecule has 0 radical (unpaired) electrons. The van der Waals surface area contributed by atoms with Crippen LogP contribution in [-0.2, 0) is 6.61 Å². The molecule has 1 aromatic heterocycles. The van der Waals surface area contributed by atoms with E-state index in [-0.39, 0.29) is 5.82 Å². The highest BCUT2D eigenvalue weighted by Crippen LogP contribution is 2.17. The third-order valence-electron chi connectivity index (χ3n) is 2.47. The molecule has 0 saturated heterocycles. The van der Waals surface area contributed by atoms with Crippen molar-refractivity contribution in [2.24, 2.45) is 0 Å². The quantitative estimate of drug-likeness (QED) is 0.807. The maximum Gasteiger partial charge on any atom is 0.126 e. The Morgan fingerprint density at radius 2 is 2.00 bits per heavy atom. The van der Waals surface area contributed by atoms with Crippen LogP contribution in [0.2, 0.25) is 0 Å². The van der Waals surface area contributed by atoms with Gasteiger partial charge in [-0.3, -0.25) is 4.98 Å². The smallest absolute Gasteiger partial charge is 0.126 e. The Balaban J connectivity index is 2.05. The van der Waals surface area contributed by atoms with Crippen molar-refractivity contribution >= 4 is 0 Å². The van der Waals surface area contributed by atoms with Gasteiger partial charge in [0.05, 0.1) is 0 Å². The van der Waals surface area contributed by atoms with Gasteiger partial charge < -0.3 is 4.74 Å². The number of aromatic nitrogens is 1. The molecule has 0 aliphatic heterocycles. The molecule has 0 atom stereocenters. The second kappa shape index (κ2) is 4.95. The molecule has 3 heteroatoms. The summed E-state index contributed by atoms with van der Waals surface area (Å²) in [6, 6.07) is 6.76. The summed E-state index contributed by atoms with van der Waals surface area (Å²) in [7, 11) is 0. The Bertz CT molecular complexity index is 525. The van der Waals surface area contributed by atoms with Crippen LogP contribution in [0.25, 0.3) is 0 Å². The van der Waals surface area contributed by atoms with Crippen molar-refractivity contribution in [1.29, 1.82) is 0 Å². The van der Waals surface area contributed by atoms with Crippen molar-refractivity contribution in [3.63, 3.8) is 0 Å². The van der Waals surface area contributed by atoms with Crippen LogP contribution in [0.4, 0.5) is 4.39 Å². The summed E-state index contributed by atoms with van der Waals surface area (Å²) < 4.78 is 18.6. The molecule has 1 aromatic carbocycles. The number of rotatable bonds is 3. The molecule has 0 aliphatic rings. The monoisotopic (exact) mass is 231 g/mol. The van der Waals surface area contributed by atoms with Crippen molar-refractivity contribution in [3.05, 3.63) is 59.2 Å². The van der Waals surface area contributed by atoms with E-state index in [4.69, 9.17) is 4.74 Å². The van der Waals surface area contributed by atoms with Gasteiger partial charge in [-0.05, 0) is 49.2 Å². The van der Waals surface area contributed by atoms with E-state index in [2.05, 4.69) is 4.98 Å². The molecule has 17 heavy (non-hydrogen) atoms. The zero-order valence-electron chi connectivity index (χ0n) is 9.90. The van der Waals surface area contributed by atoms with Gasteiger partial charge in [-0.2, -0.15) is 0 Å². The zero-order valence-corrected chi connectivity index (χ0v) is 9.90. The molecule has 2 rings (SSSR count). The maximum absolute atomic E-state index is 13.0. The first-order valence-corrected chi connectivity index (χ1v) is 5.44. The highest BCUT2D eigenvalue weighted by Gasteiger charge is 2.00. The van der Waals surface area contributed by atoms with Gasteiger partial charge in [-0.1, -0.05) is 0 Å². The number of pyridine rings is 1. The Kier molecular flexibility index (Phi) is 3.38. The van der Waals surface area contributed by atoms with Gasteiger partial charge in [0.2, 0.25) is 0 Å². The topological polar surface area (TPSA) is 22.1 Å². The highest BCUT2D eigenvalue weighted by molar-refractivity contribution is 5.29. The third kappa shape index (κ3) is 3.03. The van der Waals surface area contributed by atoms with Gasteiger partial charge in [0.15, 0.2) is 0 Å². The average molecular weight is 231 g/mol. The molecule has 0 spiro atoms. The summed E-state index contributed by atoms with van der Waals surface area (Å²) in [5.41, 5.74) is 2.69. The lowest BCUT2D eigenvalue weighted by atomic mass is 10.2. The normalized spacial score (nSPS) is 10.3. The van der Waals surface area contributed by atoms with E-state index in [0.717, 1.165) is 11.1 Å². The lowest BCUT2D eigenvalue weighted by molar-refractivity contribution is 0.305. The minimum atomic E-state index is -0.213. The first kappa shape index (κ1) is 11.6. The van der Waals surface area contributed by atoms with Gasteiger partial charge in [-0.15, -0.1) is 0 Å². The molecule has 2 nitrogen and oxygen atoms in total. The van der Waals surface area contributed by atoms with Crippen LogP contribution in [0.5, 0.6) is 5.75 Å². The van der Waals surface area contributed by atoms with Crippen LogP contribution in [0.15, 0.2) is 36.7 Å². The molecule has 2 aromatic rings. The predicted molar refractivity (Wildman–Crippen MR) is 64.4 cm³/mol. The van der Waals surface area contributed by atoms with Gasteiger partial charge >= 0.3 is 0 Å². The number of hydrogen-bond acceptors (Lipinski definition) is 2. The highest BCUT2D eigenvalue weighted by atomic mass is 19.1. The minimum Gasteiger partial charge on any atom is -0.489 e. The molecule has 0 fully saturated rings. The van der Waals surface area contributed by atoms with Crippen molar-refractivity contribution in [3.8, 4) is 5.75 Å². The molecule has 0 N–H and O–H groups in total. The van der Waals surface area contributed by atoms with Gasteiger partial charge in [0.1, 0.15) is 18.2 Å². The Morgan fingerprint density at radius 3 is 2.71 bits per heavy atom. The summed E-state index contributed by atoms with van der Waals surface area (Å²) in [4.78, 5) is 4.09. The van der Waals surface area contributed by atoms with E-state index >= 15 is 0 Å². The van der Waals surface area contributed by atoms with Gasteiger partial charge in [0.25, 0.3) is 0 Å². The number of ether oxygens (including phenoxy) is 1. The third-order valence-corrected chi connectivity index (χ3v) is 2.47. The predicted octanol–water partition coefficient (Wildman–Crippen LogP) is 3.42. The minimum absolute atomic E-state index is 0.213. The van der Waals surface area contributed by atoms with Crippen molar-refractivity contribution in [2.75, 3.05) is 0 Å². The fourth-order valence-electron chi connectivity index (χ4n) is 1.57.